The van der Waals surface area contributed by atoms with E-state index in [0.29, 0.717) is 0 Å². The van der Waals surface area contributed by atoms with Gasteiger partial charge in [0, 0.05) is 17.7 Å². The van der Waals surface area contributed by atoms with Gasteiger partial charge in [0.1, 0.15) is 0 Å². The summed E-state index contributed by atoms with van der Waals surface area (Å²) >= 11 is 3.51. The first-order valence-electron chi connectivity index (χ1n) is 13.4. The molecule has 0 aliphatic heterocycles. The molecule has 30 heavy (non-hydrogen) atoms. The molecule has 0 unspecified atom stereocenters. The maximum Gasteiger partial charge on any atom is 0.0308 e. The summed E-state index contributed by atoms with van der Waals surface area (Å²) in [5, 5.41) is 0.910. The average Bonchev–Trinajstić information content (AvgIpc) is 2.78. The third kappa shape index (κ3) is 17.3. The monoisotopic (exact) mass is 479 g/mol. The number of halogens is 1. The number of rotatable bonds is 22. The van der Waals surface area contributed by atoms with Crippen LogP contribution in [0.3, 0.4) is 0 Å². The van der Waals surface area contributed by atoms with Crippen LogP contribution >= 0.6 is 15.9 Å². The molecule has 2 heteroatoms. The highest BCUT2D eigenvalue weighted by atomic mass is 79.9. The van der Waals surface area contributed by atoms with Crippen molar-refractivity contribution in [2.75, 3.05) is 0 Å². The summed E-state index contributed by atoms with van der Waals surface area (Å²) in [6.07, 6.45) is 34.1. The molecule has 1 aromatic rings. The predicted octanol–water partition coefficient (Wildman–Crippen LogP) is 10.3. The second-order valence-electron chi connectivity index (χ2n) is 9.30. The number of alkyl halides is 1. The Balaban J connectivity index is 1.73. The van der Waals surface area contributed by atoms with Gasteiger partial charge in [0.15, 0.2) is 0 Å². The number of aromatic nitrogens is 1. The van der Waals surface area contributed by atoms with E-state index in [-0.39, 0.29) is 0 Å². The molecule has 1 rings (SSSR count). The van der Waals surface area contributed by atoms with Gasteiger partial charge in [0.05, 0.1) is 0 Å². The van der Waals surface area contributed by atoms with Gasteiger partial charge in [0.2, 0.25) is 0 Å². The minimum atomic E-state index is 0.910. The quantitative estimate of drug-likeness (QED) is 0.119. The lowest BCUT2D eigenvalue weighted by molar-refractivity contribution is 0.521. The summed E-state index contributed by atoms with van der Waals surface area (Å²) in [5.74, 6) is 0. The maximum atomic E-state index is 4.33. The van der Waals surface area contributed by atoms with Gasteiger partial charge in [-0.1, -0.05) is 151 Å². The van der Waals surface area contributed by atoms with Gasteiger partial charge in [-0.25, -0.2) is 0 Å². The smallest absolute Gasteiger partial charge is 0.0308 e. The van der Waals surface area contributed by atoms with Gasteiger partial charge < -0.3 is 0 Å². The molecule has 0 saturated carbocycles. The van der Waals surface area contributed by atoms with Crippen LogP contribution in [0.1, 0.15) is 146 Å². The third-order valence-electron chi connectivity index (χ3n) is 6.32. The van der Waals surface area contributed by atoms with Gasteiger partial charge in [-0.2, -0.15) is 0 Å². The van der Waals surface area contributed by atoms with Crippen LogP contribution in [0.2, 0.25) is 0 Å². The van der Waals surface area contributed by atoms with E-state index in [0.717, 1.165) is 5.33 Å². The molecule has 0 N–H and O–H groups in total. The summed E-state index contributed by atoms with van der Waals surface area (Å²) < 4.78 is 0. The van der Waals surface area contributed by atoms with Crippen molar-refractivity contribution in [3.63, 3.8) is 0 Å². The van der Waals surface area contributed by atoms with Crippen LogP contribution in [0, 0.1) is 0 Å². The molecule has 1 aromatic heterocycles. The first-order valence-corrected chi connectivity index (χ1v) is 14.5. The normalized spacial score (nSPS) is 11.3. The fourth-order valence-corrected chi connectivity index (χ4v) is 4.64. The standard InChI is InChI=1S/C28H50BrN/c1-2-3-4-5-6-7-8-9-10-11-12-13-14-15-16-17-18-19-20-21-22-27-23-28(24-29)26-30-25-27/h23,25-26H,2-22,24H2,1H3. The van der Waals surface area contributed by atoms with Crippen molar-refractivity contribution in [2.24, 2.45) is 0 Å². The highest BCUT2D eigenvalue weighted by molar-refractivity contribution is 9.08. The first kappa shape index (κ1) is 27.7. The lowest BCUT2D eigenvalue weighted by Crippen LogP contribution is -1.90. The first-order chi connectivity index (χ1) is 14.9. The Morgan fingerprint density at radius 2 is 0.900 bits per heavy atom. The summed E-state index contributed by atoms with van der Waals surface area (Å²) in [6.45, 7) is 2.30. The zero-order chi connectivity index (χ0) is 21.5. The molecule has 0 aliphatic rings. The molecule has 0 amide bonds. The molecular weight excluding hydrogens is 430 g/mol. The SMILES string of the molecule is CCCCCCCCCCCCCCCCCCCCCCc1cncc(CBr)c1. The zero-order valence-electron chi connectivity index (χ0n) is 20.1. The van der Waals surface area contributed by atoms with E-state index in [1.807, 2.05) is 12.4 Å². The highest BCUT2D eigenvalue weighted by Gasteiger charge is 1.98. The largest absolute Gasteiger partial charge is 0.264 e. The molecule has 1 heterocycles. The van der Waals surface area contributed by atoms with Crippen molar-refractivity contribution in [1.82, 2.24) is 4.98 Å². The number of unbranched alkanes of at least 4 members (excludes halogenated alkanes) is 19. The third-order valence-corrected chi connectivity index (χ3v) is 6.97. The molecule has 0 saturated heterocycles. The summed E-state index contributed by atoms with van der Waals surface area (Å²) in [6, 6.07) is 2.29. The van der Waals surface area contributed by atoms with Crippen molar-refractivity contribution in [3.8, 4) is 0 Å². The van der Waals surface area contributed by atoms with E-state index in [1.54, 1.807) is 0 Å². The number of aryl methyl sites for hydroxylation is 1. The number of hydrogen-bond donors (Lipinski definition) is 0. The van der Waals surface area contributed by atoms with Crippen LogP contribution in [0.25, 0.3) is 0 Å². The Hall–Kier alpha value is -0.370. The fraction of sp³-hybridized carbons (Fsp3) is 0.821. The molecule has 0 bridgehead atoms. The second kappa shape index (κ2) is 21.8. The lowest BCUT2D eigenvalue weighted by atomic mass is 10.0. The van der Waals surface area contributed by atoms with Crippen molar-refractivity contribution in [2.45, 2.75) is 147 Å². The van der Waals surface area contributed by atoms with Crippen LogP contribution in [0.4, 0.5) is 0 Å². The molecule has 0 fully saturated rings. The van der Waals surface area contributed by atoms with E-state index < -0.39 is 0 Å². The van der Waals surface area contributed by atoms with Gasteiger partial charge >= 0.3 is 0 Å². The number of nitrogens with zero attached hydrogens (tertiary/aromatic N) is 1. The molecular formula is C28H50BrN. The summed E-state index contributed by atoms with van der Waals surface area (Å²) in [4.78, 5) is 4.33. The molecule has 0 atom stereocenters. The van der Waals surface area contributed by atoms with Gasteiger partial charge in [-0.05, 0) is 24.0 Å². The Labute approximate surface area is 197 Å². The molecule has 0 aromatic carbocycles. The molecule has 174 valence electrons. The van der Waals surface area contributed by atoms with Gasteiger partial charge in [-0.15, -0.1) is 0 Å². The van der Waals surface area contributed by atoms with E-state index in [9.17, 15) is 0 Å². The number of pyridine rings is 1. The van der Waals surface area contributed by atoms with Gasteiger partial charge in [-0.3, -0.25) is 4.98 Å². The van der Waals surface area contributed by atoms with E-state index in [4.69, 9.17) is 0 Å². The Kier molecular flexibility index (Phi) is 20.1. The van der Waals surface area contributed by atoms with Crippen molar-refractivity contribution >= 4 is 15.9 Å². The van der Waals surface area contributed by atoms with Crippen LogP contribution in [-0.4, -0.2) is 4.98 Å². The molecule has 0 radical (unpaired) electrons. The number of hydrogen-bond acceptors (Lipinski definition) is 1. The molecule has 0 spiro atoms. The lowest BCUT2D eigenvalue weighted by Gasteiger charge is -2.05. The van der Waals surface area contributed by atoms with E-state index >= 15 is 0 Å². The predicted molar refractivity (Wildman–Crippen MR) is 139 cm³/mol. The van der Waals surface area contributed by atoms with Gasteiger partial charge in [0.25, 0.3) is 0 Å². The second-order valence-corrected chi connectivity index (χ2v) is 9.86. The summed E-state index contributed by atoms with van der Waals surface area (Å²) in [7, 11) is 0. The zero-order valence-corrected chi connectivity index (χ0v) is 21.7. The van der Waals surface area contributed by atoms with Crippen molar-refractivity contribution in [1.29, 1.82) is 0 Å². The Morgan fingerprint density at radius 1 is 0.533 bits per heavy atom. The van der Waals surface area contributed by atoms with Crippen LogP contribution in [0.5, 0.6) is 0 Å². The molecule has 1 nitrogen and oxygen atoms in total. The highest BCUT2D eigenvalue weighted by Crippen LogP contribution is 2.15. The fourth-order valence-electron chi connectivity index (χ4n) is 4.34. The minimum absolute atomic E-state index is 0.910. The minimum Gasteiger partial charge on any atom is -0.264 e. The van der Waals surface area contributed by atoms with Crippen LogP contribution in [0.15, 0.2) is 18.5 Å². The van der Waals surface area contributed by atoms with E-state index in [2.05, 4.69) is 33.9 Å². The van der Waals surface area contributed by atoms with Crippen LogP contribution in [-0.2, 0) is 11.8 Å². The van der Waals surface area contributed by atoms with Crippen LogP contribution < -0.4 is 0 Å². The topological polar surface area (TPSA) is 12.9 Å². The Morgan fingerprint density at radius 3 is 1.30 bits per heavy atom. The van der Waals surface area contributed by atoms with Crippen molar-refractivity contribution < 1.29 is 0 Å². The van der Waals surface area contributed by atoms with Crippen molar-refractivity contribution in [3.05, 3.63) is 29.6 Å². The van der Waals surface area contributed by atoms with E-state index in [1.165, 1.54) is 146 Å². The summed E-state index contributed by atoms with van der Waals surface area (Å²) in [5.41, 5.74) is 2.69. The average molecular weight is 481 g/mol. The maximum absolute atomic E-state index is 4.33. The Bertz CT molecular complexity index is 473. The molecule has 0 aliphatic carbocycles.